The highest BCUT2D eigenvalue weighted by molar-refractivity contribution is 5.12. The first-order valence-electron chi connectivity index (χ1n) is 3.13. The predicted molar refractivity (Wildman–Crippen MR) is 38.2 cm³/mol. The molecule has 5 nitrogen and oxygen atoms in total. The summed E-state index contributed by atoms with van der Waals surface area (Å²) in [6.45, 7) is 0. The van der Waals surface area contributed by atoms with Crippen molar-refractivity contribution in [3.63, 3.8) is 0 Å². The van der Waals surface area contributed by atoms with Crippen molar-refractivity contribution >= 4 is 5.95 Å². The van der Waals surface area contributed by atoms with Gasteiger partial charge in [-0.3, -0.25) is 0 Å². The summed E-state index contributed by atoms with van der Waals surface area (Å²) >= 11 is 0. The van der Waals surface area contributed by atoms with E-state index in [9.17, 15) is 0 Å². The summed E-state index contributed by atoms with van der Waals surface area (Å²) in [6, 6.07) is 1.99. The van der Waals surface area contributed by atoms with Crippen molar-refractivity contribution in [2.75, 3.05) is 5.73 Å². The maximum Gasteiger partial charge on any atom is 0.223 e. The van der Waals surface area contributed by atoms with E-state index >= 15 is 0 Å². The van der Waals surface area contributed by atoms with E-state index < -0.39 is 0 Å². The molecule has 2 N–H and O–H groups in total. The number of aromatic nitrogens is 3. The van der Waals surface area contributed by atoms with Gasteiger partial charge in [-0.2, -0.15) is 10.2 Å². The molecule has 0 spiro atoms. The smallest absolute Gasteiger partial charge is 0.223 e. The quantitative estimate of drug-likeness (QED) is 0.634. The fourth-order valence-electron chi connectivity index (χ4n) is 0.633. The summed E-state index contributed by atoms with van der Waals surface area (Å²) in [4.78, 5) is 11.3. The summed E-state index contributed by atoms with van der Waals surface area (Å²) in [6.07, 6.45) is 2.28. The summed E-state index contributed by atoms with van der Waals surface area (Å²) in [5, 5.41) is 8.24. The molecule has 0 unspecified atom stereocenters. The molecule has 1 aromatic heterocycles. The number of nitrogens with two attached hydrogens (primary N) is 1. The Bertz CT molecular complexity index is 277. The van der Waals surface area contributed by atoms with Crippen LogP contribution in [0.2, 0.25) is 0 Å². The van der Waals surface area contributed by atoms with Gasteiger partial charge in [-0.25, -0.2) is 9.97 Å². The second-order valence-corrected chi connectivity index (χ2v) is 1.92. The molecule has 11 heavy (non-hydrogen) atoms. The first-order chi connectivity index (χ1) is 5.33. The van der Waals surface area contributed by atoms with E-state index in [0.29, 0.717) is 18.7 Å². The zero-order chi connectivity index (χ0) is 8.10. The van der Waals surface area contributed by atoms with Gasteiger partial charge in [0.05, 0.1) is 6.07 Å². The molecule has 0 aliphatic heterocycles. The monoisotopic (exact) mass is 149 g/mol. The van der Waals surface area contributed by atoms with Crippen LogP contribution in [0.4, 0.5) is 5.95 Å². The lowest BCUT2D eigenvalue weighted by Crippen LogP contribution is -2.00. The Hall–Kier alpha value is -1.70. The lowest BCUT2D eigenvalue weighted by Gasteiger charge is -1.94. The largest absolute Gasteiger partial charge is 0.368 e. The van der Waals surface area contributed by atoms with Crippen LogP contribution in [0.5, 0.6) is 0 Å². The van der Waals surface area contributed by atoms with Crippen LogP contribution in [0.25, 0.3) is 0 Å². The minimum Gasteiger partial charge on any atom is -0.368 e. The lowest BCUT2D eigenvalue weighted by atomic mass is 10.3. The Morgan fingerprint density at radius 3 is 3.00 bits per heavy atom. The number of hydrogen-bond acceptors (Lipinski definition) is 5. The first kappa shape index (κ1) is 7.41. The van der Waals surface area contributed by atoms with Crippen LogP contribution in [0.1, 0.15) is 12.2 Å². The Morgan fingerprint density at radius 2 is 2.36 bits per heavy atom. The van der Waals surface area contributed by atoms with Crippen LogP contribution >= 0.6 is 0 Å². The van der Waals surface area contributed by atoms with E-state index in [1.54, 1.807) is 0 Å². The summed E-state index contributed by atoms with van der Waals surface area (Å²) < 4.78 is 0. The maximum atomic E-state index is 8.24. The number of rotatable bonds is 2. The van der Waals surface area contributed by atoms with Crippen molar-refractivity contribution in [2.24, 2.45) is 0 Å². The standard InChI is InChI=1S/C6H7N5/c7-3-1-2-5-9-4-10-6(8)11-5/h4H,1-2H2,(H2,8,9,10,11). The number of nitrogen functional groups attached to an aromatic ring is 1. The topological polar surface area (TPSA) is 88.5 Å². The number of nitriles is 1. The molecule has 56 valence electrons. The fraction of sp³-hybridized carbons (Fsp3) is 0.333. The van der Waals surface area contributed by atoms with Crippen LogP contribution in [0.15, 0.2) is 6.33 Å². The molecule has 0 saturated heterocycles. The zero-order valence-electron chi connectivity index (χ0n) is 5.86. The molecule has 0 fully saturated rings. The normalized spacial score (nSPS) is 9.00. The molecule has 1 rings (SSSR count). The van der Waals surface area contributed by atoms with Crippen LogP contribution in [-0.4, -0.2) is 15.0 Å². The molecule has 0 atom stereocenters. The third kappa shape index (κ3) is 2.18. The van der Waals surface area contributed by atoms with E-state index in [0.717, 1.165) is 0 Å². The zero-order valence-corrected chi connectivity index (χ0v) is 5.86. The molecule has 0 aromatic carbocycles. The van der Waals surface area contributed by atoms with Gasteiger partial charge in [0.25, 0.3) is 0 Å². The average Bonchev–Trinajstić information content (AvgIpc) is 2.01. The third-order valence-electron chi connectivity index (χ3n) is 1.10. The van der Waals surface area contributed by atoms with Gasteiger partial charge in [0, 0.05) is 12.8 Å². The van der Waals surface area contributed by atoms with Gasteiger partial charge in [0.1, 0.15) is 12.2 Å². The molecule has 0 saturated carbocycles. The van der Waals surface area contributed by atoms with E-state index in [-0.39, 0.29) is 5.95 Å². The van der Waals surface area contributed by atoms with Gasteiger partial charge in [-0.15, -0.1) is 0 Å². The van der Waals surface area contributed by atoms with Gasteiger partial charge in [-0.05, 0) is 0 Å². The Labute approximate surface area is 63.9 Å². The second kappa shape index (κ2) is 3.46. The summed E-state index contributed by atoms with van der Waals surface area (Å²) in [5.41, 5.74) is 5.29. The highest BCUT2D eigenvalue weighted by Gasteiger charge is 1.95. The minimum atomic E-state index is 0.202. The summed E-state index contributed by atoms with van der Waals surface area (Å²) in [7, 11) is 0. The minimum absolute atomic E-state index is 0.202. The molecule has 5 heteroatoms. The van der Waals surface area contributed by atoms with Gasteiger partial charge < -0.3 is 5.73 Å². The SMILES string of the molecule is N#CCCc1ncnc(N)n1. The van der Waals surface area contributed by atoms with Crippen LogP contribution in [0, 0.1) is 11.3 Å². The van der Waals surface area contributed by atoms with Crippen molar-refractivity contribution < 1.29 is 0 Å². The highest BCUT2D eigenvalue weighted by Crippen LogP contribution is 1.94. The van der Waals surface area contributed by atoms with Crippen LogP contribution in [-0.2, 0) is 6.42 Å². The van der Waals surface area contributed by atoms with Crippen LogP contribution in [0.3, 0.4) is 0 Å². The van der Waals surface area contributed by atoms with E-state index in [2.05, 4.69) is 15.0 Å². The Balaban J connectivity index is 2.65. The number of nitrogens with zero attached hydrogens (tertiary/aromatic N) is 4. The number of hydrogen-bond donors (Lipinski definition) is 1. The Kier molecular flexibility index (Phi) is 2.33. The van der Waals surface area contributed by atoms with Crippen molar-refractivity contribution in [3.05, 3.63) is 12.2 Å². The van der Waals surface area contributed by atoms with Crippen molar-refractivity contribution in [1.29, 1.82) is 5.26 Å². The molecule has 0 radical (unpaired) electrons. The first-order valence-corrected chi connectivity index (χ1v) is 3.13. The van der Waals surface area contributed by atoms with Crippen molar-refractivity contribution in [2.45, 2.75) is 12.8 Å². The van der Waals surface area contributed by atoms with E-state index in [1.807, 2.05) is 6.07 Å². The van der Waals surface area contributed by atoms with E-state index in [4.69, 9.17) is 11.0 Å². The Morgan fingerprint density at radius 1 is 1.55 bits per heavy atom. The van der Waals surface area contributed by atoms with Crippen molar-refractivity contribution in [1.82, 2.24) is 15.0 Å². The molecule has 0 amide bonds. The molecule has 0 aliphatic carbocycles. The van der Waals surface area contributed by atoms with E-state index in [1.165, 1.54) is 6.33 Å². The van der Waals surface area contributed by atoms with Gasteiger partial charge >= 0.3 is 0 Å². The fourth-order valence-corrected chi connectivity index (χ4v) is 0.633. The van der Waals surface area contributed by atoms with Gasteiger partial charge in [-0.1, -0.05) is 0 Å². The van der Waals surface area contributed by atoms with Gasteiger partial charge in [0.15, 0.2) is 0 Å². The van der Waals surface area contributed by atoms with Crippen LogP contribution < -0.4 is 5.73 Å². The number of anilines is 1. The molecular formula is C6H7N5. The molecule has 1 aromatic rings. The van der Waals surface area contributed by atoms with Crippen molar-refractivity contribution in [3.8, 4) is 6.07 Å². The highest BCUT2D eigenvalue weighted by atomic mass is 15.1. The maximum absolute atomic E-state index is 8.24. The predicted octanol–water partition coefficient (Wildman–Crippen LogP) is -0.0900. The third-order valence-corrected chi connectivity index (χ3v) is 1.10. The molecular weight excluding hydrogens is 142 g/mol. The summed E-state index contributed by atoms with van der Waals surface area (Å²) in [5.74, 6) is 0.770. The molecule has 0 aliphatic rings. The lowest BCUT2D eigenvalue weighted by molar-refractivity contribution is 0.863. The number of aryl methyl sites for hydroxylation is 1. The second-order valence-electron chi connectivity index (χ2n) is 1.92. The van der Waals surface area contributed by atoms with Gasteiger partial charge in [0.2, 0.25) is 5.95 Å². The molecule has 1 heterocycles. The molecule has 0 bridgehead atoms. The average molecular weight is 149 g/mol.